The average molecular weight is 396 g/mol. The Labute approximate surface area is 145 Å². The number of carbonyl (C=O) groups excluding carboxylic acids is 1. The molecule has 118 valence electrons. The van der Waals surface area contributed by atoms with E-state index in [9.17, 15) is 14.9 Å². The SMILES string of the molecule is O=C(NC1(c2ccc(Br)cc2)CC1)c1ccc(Cl)c([N+](=O)[O-])c1. The molecule has 2 aromatic rings. The van der Waals surface area contributed by atoms with Crippen molar-refractivity contribution in [1.29, 1.82) is 0 Å². The maximum atomic E-state index is 12.4. The van der Waals surface area contributed by atoms with E-state index in [4.69, 9.17) is 11.6 Å². The van der Waals surface area contributed by atoms with Gasteiger partial charge >= 0.3 is 0 Å². The van der Waals surface area contributed by atoms with Gasteiger partial charge < -0.3 is 5.32 Å². The van der Waals surface area contributed by atoms with Gasteiger partial charge in [0.05, 0.1) is 10.5 Å². The van der Waals surface area contributed by atoms with Gasteiger partial charge in [0.25, 0.3) is 11.6 Å². The van der Waals surface area contributed by atoms with Gasteiger partial charge in [-0.3, -0.25) is 14.9 Å². The number of nitrogens with one attached hydrogen (secondary N) is 1. The molecule has 5 nitrogen and oxygen atoms in total. The van der Waals surface area contributed by atoms with E-state index in [-0.39, 0.29) is 27.7 Å². The molecular formula is C16H12BrClN2O3. The topological polar surface area (TPSA) is 72.2 Å². The molecule has 7 heteroatoms. The molecule has 3 rings (SSSR count). The third-order valence-corrected chi connectivity index (χ3v) is 4.75. The summed E-state index contributed by atoms with van der Waals surface area (Å²) in [7, 11) is 0. The largest absolute Gasteiger partial charge is 0.343 e. The number of nitro benzene ring substituents is 1. The van der Waals surface area contributed by atoms with E-state index < -0.39 is 4.92 Å². The highest BCUT2D eigenvalue weighted by Crippen LogP contribution is 2.46. The molecule has 0 spiro atoms. The van der Waals surface area contributed by atoms with Crippen LogP contribution in [0.4, 0.5) is 5.69 Å². The lowest BCUT2D eigenvalue weighted by Gasteiger charge is -2.18. The predicted molar refractivity (Wildman–Crippen MR) is 90.6 cm³/mol. The van der Waals surface area contributed by atoms with Gasteiger partial charge in [-0.1, -0.05) is 39.7 Å². The van der Waals surface area contributed by atoms with Crippen molar-refractivity contribution in [2.45, 2.75) is 18.4 Å². The van der Waals surface area contributed by atoms with Gasteiger partial charge in [-0.25, -0.2) is 0 Å². The van der Waals surface area contributed by atoms with Gasteiger partial charge in [-0.05, 0) is 42.7 Å². The molecule has 1 N–H and O–H groups in total. The van der Waals surface area contributed by atoms with Crippen LogP contribution >= 0.6 is 27.5 Å². The second-order valence-electron chi connectivity index (χ2n) is 5.47. The third kappa shape index (κ3) is 3.23. The van der Waals surface area contributed by atoms with Crippen LogP contribution in [0.15, 0.2) is 46.9 Å². The lowest BCUT2D eigenvalue weighted by Crippen LogP contribution is -2.34. The van der Waals surface area contributed by atoms with Gasteiger partial charge in [-0.2, -0.15) is 0 Å². The lowest BCUT2D eigenvalue weighted by molar-refractivity contribution is -0.384. The smallest absolute Gasteiger partial charge is 0.288 e. The van der Waals surface area contributed by atoms with Gasteiger partial charge in [0.1, 0.15) is 5.02 Å². The second-order valence-corrected chi connectivity index (χ2v) is 6.79. The number of benzene rings is 2. The summed E-state index contributed by atoms with van der Waals surface area (Å²) in [6, 6.07) is 11.8. The zero-order valence-electron chi connectivity index (χ0n) is 11.9. The Bertz CT molecular complexity index is 788. The first-order valence-electron chi connectivity index (χ1n) is 6.94. The van der Waals surface area contributed by atoms with E-state index in [0.29, 0.717) is 0 Å². The molecule has 0 radical (unpaired) electrons. The normalized spacial score (nSPS) is 15.0. The van der Waals surface area contributed by atoms with Crippen molar-refractivity contribution in [2.75, 3.05) is 0 Å². The van der Waals surface area contributed by atoms with E-state index in [0.717, 1.165) is 22.9 Å². The van der Waals surface area contributed by atoms with Crippen molar-refractivity contribution in [2.24, 2.45) is 0 Å². The second kappa shape index (κ2) is 5.94. The fourth-order valence-electron chi connectivity index (χ4n) is 2.46. The molecule has 0 saturated heterocycles. The summed E-state index contributed by atoms with van der Waals surface area (Å²) in [5, 5.41) is 13.9. The first kappa shape index (κ1) is 16.0. The molecule has 2 aromatic carbocycles. The minimum Gasteiger partial charge on any atom is -0.343 e. The van der Waals surface area contributed by atoms with Crippen LogP contribution in [0, 0.1) is 10.1 Å². The minimum atomic E-state index is -0.596. The van der Waals surface area contributed by atoms with Gasteiger partial charge in [0.15, 0.2) is 0 Å². The molecule has 1 aliphatic rings. The molecule has 0 unspecified atom stereocenters. The number of rotatable bonds is 4. The quantitative estimate of drug-likeness (QED) is 0.615. The maximum Gasteiger partial charge on any atom is 0.288 e. The number of amides is 1. The monoisotopic (exact) mass is 394 g/mol. The molecule has 0 heterocycles. The van der Waals surface area contributed by atoms with Crippen molar-refractivity contribution in [3.63, 3.8) is 0 Å². The number of nitrogens with zero attached hydrogens (tertiary/aromatic N) is 1. The Hall–Kier alpha value is -1.92. The van der Waals surface area contributed by atoms with E-state index in [2.05, 4.69) is 21.2 Å². The minimum absolute atomic E-state index is 0.0144. The molecule has 1 fully saturated rings. The number of hydrogen-bond acceptors (Lipinski definition) is 3. The number of carbonyl (C=O) groups is 1. The standard InChI is InChI=1S/C16H12BrClN2O3/c17-12-4-2-11(3-5-12)16(7-8-16)19-15(21)10-1-6-13(18)14(9-10)20(22)23/h1-6,9H,7-8H2,(H,19,21). The van der Waals surface area contributed by atoms with E-state index in [1.54, 1.807) is 0 Å². The fraction of sp³-hybridized carbons (Fsp3) is 0.188. The van der Waals surface area contributed by atoms with Crippen LogP contribution in [0.25, 0.3) is 0 Å². The molecule has 0 aromatic heterocycles. The van der Waals surface area contributed by atoms with Gasteiger partial charge in [0.2, 0.25) is 0 Å². The Balaban J connectivity index is 1.83. The van der Waals surface area contributed by atoms with Crippen molar-refractivity contribution in [3.8, 4) is 0 Å². The summed E-state index contributed by atoms with van der Waals surface area (Å²) in [5.74, 6) is -0.342. The highest BCUT2D eigenvalue weighted by atomic mass is 79.9. The molecule has 1 aliphatic carbocycles. The van der Waals surface area contributed by atoms with Crippen LogP contribution in [-0.2, 0) is 5.54 Å². The Morgan fingerprint density at radius 3 is 2.43 bits per heavy atom. The van der Waals surface area contributed by atoms with Crippen molar-refractivity contribution < 1.29 is 9.72 Å². The predicted octanol–water partition coefficient (Wildman–Crippen LogP) is 4.43. The molecule has 0 atom stereocenters. The van der Waals surface area contributed by atoms with Crippen molar-refractivity contribution in [3.05, 3.63) is 73.2 Å². The van der Waals surface area contributed by atoms with E-state index in [1.165, 1.54) is 18.2 Å². The first-order chi connectivity index (χ1) is 10.9. The summed E-state index contributed by atoms with van der Waals surface area (Å²) in [5.41, 5.74) is 0.599. The molecular weight excluding hydrogens is 384 g/mol. The summed E-state index contributed by atoms with van der Waals surface area (Å²) in [6.07, 6.45) is 1.69. The van der Waals surface area contributed by atoms with Crippen LogP contribution in [0.5, 0.6) is 0 Å². The third-order valence-electron chi connectivity index (χ3n) is 3.90. The molecule has 23 heavy (non-hydrogen) atoms. The molecule has 1 saturated carbocycles. The average Bonchev–Trinajstić information content (AvgIpc) is 3.28. The van der Waals surface area contributed by atoms with Crippen LogP contribution in [0.3, 0.4) is 0 Å². The van der Waals surface area contributed by atoms with Crippen LogP contribution in [0.1, 0.15) is 28.8 Å². The van der Waals surface area contributed by atoms with Crippen molar-refractivity contribution >= 4 is 39.1 Å². The maximum absolute atomic E-state index is 12.4. The first-order valence-corrected chi connectivity index (χ1v) is 8.11. The molecule has 0 bridgehead atoms. The molecule has 0 aliphatic heterocycles. The summed E-state index contributed by atoms with van der Waals surface area (Å²) in [4.78, 5) is 22.8. The summed E-state index contributed by atoms with van der Waals surface area (Å²) >= 11 is 9.16. The zero-order chi connectivity index (χ0) is 16.6. The zero-order valence-corrected chi connectivity index (χ0v) is 14.2. The highest BCUT2D eigenvalue weighted by molar-refractivity contribution is 9.10. The van der Waals surface area contributed by atoms with Crippen LogP contribution < -0.4 is 5.32 Å². The van der Waals surface area contributed by atoms with Crippen LogP contribution in [0.2, 0.25) is 5.02 Å². The van der Waals surface area contributed by atoms with Gasteiger partial charge in [-0.15, -0.1) is 0 Å². The summed E-state index contributed by atoms with van der Waals surface area (Å²) < 4.78 is 0.969. The Morgan fingerprint density at radius 1 is 1.22 bits per heavy atom. The van der Waals surface area contributed by atoms with E-state index in [1.807, 2.05) is 24.3 Å². The van der Waals surface area contributed by atoms with Gasteiger partial charge in [0, 0.05) is 16.1 Å². The number of nitro groups is 1. The molecule has 1 amide bonds. The Morgan fingerprint density at radius 2 is 1.87 bits per heavy atom. The van der Waals surface area contributed by atoms with E-state index >= 15 is 0 Å². The van der Waals surface area contributed by atoms with Crippen molar-refractivity contribution in [1.82, 2.24) is 5.32 Å². The van der Waals surface area contributed by atoms with Crippen LogP contribution in [-0.4, -0.2) is 10.8 Å². The summed E-state index contributed by atoms with van der Waals surface area (Å²) in [6.45, 7) is 0. The number of hydrogen-bond donors (Lipinski definition) is 1. The number of halogens is 2. The highest BCUT2D eigenvalue weighted by Gasteiger charge is 2.45. The fourth-order valence-corrected chi connectivity index (χ4v) is 2.91. The lowest BCUT2D eigenvalue weighted by atomic mass is 10.0. The Kier molecular flexibility index (Phi) is 4.12.